The van der Waals surface area contributed by atoms with Gasteiger partial charge < -0.3 is 4.74 Å². The van der Waals surface area contributed by atoms with Crippen LogP contribution in [0.3, 0.4) is 0 Å². The zero-order valence-electron chi connectivity index (χ0n) is 13.2. The van der Waals surface area contributed by atoms with Gasteiger partial charge in [0, 0.05) is 5.75 Å². The van der Waals surface area contributed by atoms with Gasteiger partial charge in [-0.25, -0.2) is 4.98 Å². The molecule has 6 heteroatoms. The van der Waals surface area contributed by atoms with Crippen LogP contribution < -0.4 is 4.74 Å². The number of nitrogens with zero attached hydrogens (tertiary/aromatic N) is 2. The molecule has 3 aromatic rings. The molecule has 0 amide bonds. The summed E-state index contributed by atoms with van der Waals surface area (Å²) in [6.07, 6.45) is 0.959. The van der Waals surface area contributed by atoms with Crippen LogP contribution in [0.15, 0.2) is 40.9 Å². The largest absolute Gasteiger partial charge is 0.494 e. The van der Waals surface area contributed by atoms with Gasteiger partial charge in [0.25, 0.3) is 0 Å². The molecule has 0 aliphatic rings. The summed E-state index contributed by atoms with van der Waals surface area (Å²) < 4.78 is 5.81. The van der Waals surface area contributed by atoms with Crippen LogP contribution in [0, 0.1) is 13.8 Å². The van der Waals surface area contributed by atoms with Crippen LogP contribution in [0.2, 0.25) is 0 Å². The van der Waals surface area contributed by atoms with Crippen molar-refractivity contribution in [1.82, 2.24) is 15.2 Å². The predicted octanol–water partition coefficient (Wildman–Crippen LogP) is 4.71. The summed E-state index contributed by atoms with van der Waals surface area (Å²) >= 11 is 3.31. The first-order valence-corrected chi connectivity index (χ1v) is 9.37. The topological polar surface area (TPSA) is 50.8 Å². The van der Waals surface area contributed by atoms with Crippen LogP contribution in [-0.4, -0.2) is 27.5 Å². The Hall–Kier alpha value is -1.79. The zero-order chi connectivity index (χ0) is 16.1. The Morgan fingerprint density at radius 2 is 2.04 bits per heavy atom. The Morgan fingerprint density at radius 3 is 2.78 bits per heavy atom. The third kappa shape index (κ3) is 4.59. The molecule has 0 aliphatic carbocycles. The summed E-state index contributed by atoms with van der Waals surface area (Å²) in [7, 11) is 0. The van der Waals surface area contributed by atoms with Gasteiger partial charge in [0.2, 0.25) is 5.16 Å². The van der Waals surface area contributed by atoms with E-state index < -0.39 is 0 Å². The molecule has 23 heavy (non-hydrogen) atoms. The van der Waals surface area contributed by atoms with Gasteiger partial charge in [-0.2, -0.15) is 0 Å². The average molecular weight is 345 g/mol. The molecule has 0 spiro atoms. The smallest absolute Gasteiger partial charge is 0.208 e. The number of hydrogen-bond donors (Lipinski definition) is 1. The summed E-state index contributed by atoms with van der Waals surface area (Å²) in [5.41, 5.74) is 2.47. The molecule has 4 nitrogen and oxygen atoms in total. The molecule has 0 fully saturated rings. The SMILES string of the molecule is Cc1cc(C)cc(OCCCSc2n[nH]c(-c3cccs3)n2)c1. The van der Waals surface area contributed by atoms with Gasteiger partial charge in [-0.05, 0) is 55.0 Å². The number of hydrogen-bond acceptors (Lipinski definition) is 5. The number of rotatable bonds is 7. The van der Waals surface area contributed by atoms with E-state index in [-0.39, 0.29) is 0 Å². The van der Waals surface area contributed by atoms with Crippen LogP contribution in [0.5, 0.6) is 5.75 Å². The molecule has 3 rings (SSSR count). The van der Waals surface area contributed by atoms with E-state index in [4.69, 9.17) is 4.74 Å². The van der Waals surface area contributed by atoms with Crippen LogP contribution in [0.1, 0.15) is 17.5 Å². The van der Waals surface area contributed by atoms with Gasteiger partial charge in [0.15, 0.2) is 5.82 Å². The van der Waals surface area contributed by atoms with E-state index in [9.17, 15) is 0 Å². The Balaban J connectivity index is 1.42. The standard InChI is InChI=1S/C17H19N3OS2/c1-12-9-13(2)11-14(10-12)21-6-4-8-23-17-18-16(19-20-17)15-5-3-7-22-15/h3,5,7,9-11H,4,6,8H2,1-2H3,(H,18,19,20). The maximum Gasteiger partial charge on any atom is 0.208 e. The number of aromatic nitrogens is 3. The number of benzene rings is 1. The molecule has 2 heterocycles. The number of ether oxygens (including phenoxy) is 1. The number of nitrogens with one attached hydrogen (secondary N) is 1. The number of thiophene rings is 1. The van der Waals surface area contributed by atoms with E-state index in [1.165, 1.54) is 11.1 Å². The Bertz CT molecular complexity index is 733. The van der Waals surface area contributed by atoms with Gasteiger partial charge in [0.1, 0.15) is 5.75 Å². The number of H-pyrrole nitrogens is 1. The van der Waals surface area contributed by atoms with Crippen molar-refractivity contribution < 1.29 is 4.74 Å². The number of aromatic amines is 1. The highest BCUT2D eigenvalue weighted by molar-refractivity contribution is 7.99. The van der Waals surface area contributed by atoms with Crippen molar-refractivity contribution in [2.45, 2.75) is 25.4 Å². The summed E-state index contributed by atoms with van der Waals surface area (Å²) in [5.74, 6) is 2.73. The minimum Gasteiger partial charge on any atom is -0.494 e. The Kier molecular flexibility index (Phi) is 5.35. The second-order valence-electron chi connectivity index (χ2n) is 5.32. The van der Waals surface area contributed by atoms with Crippen molar-refractivity contribution in [2.75, 3.05) is 12.4 Å². The fourth-order valence-electron chi connectivity index (χ4n) is 2.26. The molecule has 0 saturated carbocycles. The molecular formula is C17H19N3OS2. The van der Waals surface area contributed by atoms with Crippen LogP contribution in [0.25, 0.3) is 10.7 Å². The zero-order valence-corrected chi connectivity index (χ0v) is 14.8. The molecule has 1 N–H and O–H groups in total. The van der Waals surface area contributed by atoms with Crippen molar-refractivity contribution in [3.05, 3.63) is 46.8 Å². The van der Waals surface area contributed by atoms with E-state index in [0.717, 1.165) is 33.8 Å². The molecular weight excluding hydrogens is 326 g/mol. The van der Waals surface area contributed by atoms with Gasteiger partial charge in [-0.15, -0.1) is 16.4 Å². The first kappa shape index (κ1) is 16.1. The van der Waals surface area contributed by atoms with Gasteiger partial charge >= 0.3 is 0 Å². The summed E-state index contributed by atoms with van der Waals surface area (Å²) in [5, 5.41) is 10.1. The third-order valence-electron chi connectivity index (χ3n) is 3.20. The first-order chi connectivity index (χ1) is 11.2. The van der Waals surface area contributed by atoms with Gasteiger partial charge in [-0.3, -0.25) is 5.10 Å². The van der Waals surface area contributed by atoms with E-state index >= 15 is 0 Å². The van der Waals surface area contributed by atoms with Crippen LogP contribution >= 0.6 is 23.1 Å². The molecule has 120 valence electrons. The van der Waals surface area contributed by atoms with E-state index in [0.29, 0.717) is 6.61 Å². The van der Waals surface area contributed by atoms with Crippen LogP contribution in [0.4, 0.5) is 0 Å². The van der Waals surface area contributed by atoms with Crippen molar-refractivity contribution in [2.24, 2.45) is 0 Å². The molecule has 0 saturated heterocycles. The van der Waals surface area contributed by atoms with Crippen molar-refractivity contribution >= 4 is 23.1 Å². The van der Waals surface area contributed by atoms with E-state index in [1.54, 1.807) is 23.1 Å². The molecule has 0 aliphatic heterocycles. The molecule has 2 aromatic heterocycles. The minimum atomic E-state index is 0.706. The lowest BCUT2D eigenvalue weighted by molar-refractivity contribution is 0.318. The highest BCUT2D eigenvalue weighted by atomic mass is 32.2. The fourth-order valence-corrected chi connectivity index (χ4v) is 3.64. The normalized spacial score (nSPS) is 10.9. The molecule has 0 radical (unpaired) electrons. The van der Waals surface area contributed by atoms with E-state index in [2.05, 4.69) is 47.2 Å². The summed E-state index contributed by atoms with van der Waals surface area (Å²) in [6.45, 7) is 4.88. The monoisotopic (exact) mass is 345 g/mol. The van der Waals surface area contributed by atoms with Crippen molar-refractivity contribution in [3.63, 3.8) is 0 Å². The highest BCUT2D eigenvalue weighted by Gasteiger charge is 2.06. The molecule has 1 aromatic carbocycles. The van der Waals surface area contributed by atoms with Crippen molar-refractivity contribution in [3.8, 4) is 16.5 Å². The van der Waals surface area contributed by atoms with Crippen molar-refractivity contribution in [1.29, 1.82) is 0 Å². The second kappa shape index (κ2) is 7.66. The average Bonchev–Trinajstić information content (AvgIpc) is 3.17. The lowest BCUT2D eigenvalue weighted by atomic mass is 10.1. The molecule has 0 unspecified atom stereocenters. The van der Waals surface area contributed by atoms with Gasteiger partial charge in [0.05, 0.1) is 11.5 Å². The maximum absolute atomic E-state index is 5.81. The number of aryl methyl sites for hydroxylation is 2. The summed E-state index contributed by atoms with van der Waals surface area (Å²) in [4.78, 5) is 5.61. The molecule has 0 atom stereocenters. The van der Waals surface area contributed by atoms with E-state index in [1.807, 2.05) is 17.5 Å². The maximum atomic E-state index is 5.81. The quantitative estimate of drug-likeness (QED) is 0.497. The molecule has 0 bridgehead atoms. The number of thioether (sulfide) groups is 1. The highest BCUT2D eigenvalue weighted by Crippen LogP contribution is 2.23. The Morgan fingerprint density at radius 1 is 1.22 bits per heavy atom. The Labute approximate surface area is 144 Å². The second-order valence-corrected chi connectivity index (χ2v) is 7.33. The van der Waals surface area contributed by atoms with Gasteiger partial charge in [-0.1, -0.05) is 23.9 Å². The minimum absolute atomic E-state index is 0.706. The lowest BCUT2D eigenvalue weighted by Gasteiger charge is -2.07. The predicted molar refractivity (Wildman–Crippen MR) is 96.4 cm³/mol. The fraction of sp³-hybridized carbons (Fsp3) is 0.294. The third-order valence-corrected chi connectivity index (χ3v) is 5.01. The lowest BCUT2D eigenvalue weighted by Crippen LogP contribution is -1.99. The first-order valence-electron chi connectivity index (χ1n) is 7.51. The summed E-state index contributed by atoms with van der Waals surface area (Å²) in [6, 6.07) is 10.3. The van der Waals surface area contributed by atoms with Crippen LogP contribution in [-0.2, 0) is 0 Å².